The third-order valence-electron chi connectivity index (χ3n) is 2.08. The van der Waals surface area contributed by atoms with Gasteiger partial charge in [0.1, 0.15) is 0 Å². The Morgan fingerprint density at radius 1 is 1.67 bits per heavy atom. The lowest BCUT2D eigenvalue weighted by atomic mass is 9.82. The first-order valence-electron chi connectivity index (χ1n) is 4.00. The molecule has 72 valence electrons. The van der Waals surface area contributed by atoms with Crippen molar-refractivity contribution in [3.63, 3.8) is 0 Å². The first-order chi connectivity index (χ1) is 5.46. The molecular weight excluding hydrogens is 158 g/mol. The van der Waals surface area contributed by atoms with Crippen LogP contribution in [0.4, 0.5) is 0 Å². The molecule has 0 aromatic heterocycles. The van der Waals surface area contributed by atoms with Crippen LogP contribution in [0, 0.1) is 11.3 Å². The molecule has 2 atom stereocenters. The molecule has 4 N–H and O–H groups in total. The average Bonchev–Trinajstić information content (AvgIpc) is 2.03. The third-order valence-corrected chi connectivity index (χ3v) is 2.08. The molecule has 0 heterocycles. The van der Waals surface area contributed by atoms with E-state index in [1.54, 1.807) is 13.8 Å². The number of rotatable bonds is 5. The fraction of sp³-hybridized carbons (Fsp3) is 0.875. The van der Waals surface area contributed by atoms with Crippen LogP contribution in [0.15, 0.2) is 0 Å². The number of carbonyl (C=O) groups is 1. The highest BCUT2D eigenvalue weighted by molar-refractivity contribution is 5.74. The van der Waals surface area contributed by atoms with E-state index in [2.05, 4.69) is 0 Å². The largest absolute Gasteiger partial charge is 0.481 e. The monoisotopic (exact) mass is 175 g/mol. The zero-order valence-corrected chi connectivity index (χ0v) is 7.58. The Morgan fingerprint density at radius 2 is 2.17 bits per heavy atom. The highest BCUT2D eigenvalue weighted by Crippen LogP contribution is 2.24. The number of aliphatic hydroxyl groups excluding tert-OH is 1. The van der Waals surface area contributed by atoms with Gasteiger partial charge in [-0.2, -0.15) is 0 Å². The predicted molar refractivity (Wildman–Crippen MR) is 45.7 cm³/mol. The van der Waals surface area contributed by atoms with E-state index in [0.29, 0.717) is 6.42 Å². The van der Waals surface area contributed by atoms with Crippen LogP contribution in [0.2, 0.25) is 0 Å². The summed E-state index contributed by atoms with van der Waals surface area (Å²) in [5.74, 6) is -0.917. The standard InChI is InChI=1S/C8H17NO3/c1-6(4-10)3-8(2,5-9)7(11)12/h6,10H,3-5,9H2,1-2H3,(H,11,12). The van der Waals surface area contributed by atoms with Crippen LogP contribution < -0.4 is 5.73 Å². The van der Waals surface area contributed by atoms with Gasteiger partial charge in [0, 0.05) is 13.2 Å². The number of carboxylic acid groups (broad SMARTS) is 1. The number of nitrogens with two attached hydrogens (primary N) is 1. The lowest BCUT2D eigenvalue weighted by molar-refractivity contribution is -0.148. The van der Waals surface area contributed by atoms with Gasteiger partial charge in [0.05, 0.1) is 5.41 Å². The van der Waals surface area contributed by atoms with Gasteiger partial charge in [-0.1, -0.05) is 6.92 Å². The number of hydrogen-bond donors (Lipinski definition) is 3. The van der Waals surface area contributed by atoms with Crippen LogP contribution in [0.3, 0.4) is 0 Å². The average molecular weight is 175 g/mol. The molecule has 0 rings (SSSR count). The highest BCUT2D eigenvalue weighted by Gasteiger charge is 2.32. The second-order valence-electron chi connectivity index (χ2n) is 3.56. The molecular formula is C8H17NO3. The Kier molecular flexibility index (Phi) is 4.20. The lowest BCUT2D eigenvalue weighted by Gasteiger charge is -2.25. The summed E-state index contributed by atoms with van der Waals surface area (Å²) >= 11 is 0. The molecule has 0 amide bonds. The van der Waals surface area contributed by atoms with Crippen LogP contribution in [0.5, 0.6) is 0 Å². The van der Waals surface area contributed by atoms with Crippen LogP contribution in [-0.4, -0.2) is 29.3 Å². The second kappa shape index (κ2) is 4.42. The van der Waals surface area contributed by atoms with Crippen molar-refractivity contribution in [2.45, 2.75) is 20.3 Å². The maximum atomic E-state index is 10.7. The van der Waals surface area contributed by atoms with E-state index in [0.717, 1.165) is 0 Å². The van der Waals surface area contributed by atoms with E-state index in [1.165, 1.54) is 0 Å². The van der Waals surface area contributed by atoms with Gasteiger partial charge in [-0.15, -0.1) is 0 Å². The molecule has 0 aliphatic heterocycles. The Hall–Kier alpha value is -0.610. The predicted octanol–water partition coefficient (Wildman–Crippen LogP) is 0.0545. The molecule has 0 bridgehead atoms. The van der Waals surface area contributed by atoms with E-state index in [1.807, 2.05) is 0 Å². The van der Waals surface area contributed by atoms with Gasteiger partial charge in [-0.25, -0.2) is 0 Å². The number of aliphatic hydroxyl groups is 1. The quantitative estimate of drug-likeness (QED) is 0.551. The van der Waals surface area contributed by atoms with E-state index >= 15 is 0 Å². The summed E-state index contributed by atoms with van der Waals surface area (Å²) in [6, 6.07) is 0. The first-order valence-corrected chi connectivity index (χ1v) is 4.00. The van der Waals surface area contributed by atoms with Gasteiger partial charge in [-0.3, -0.25) is 4.79 Å². The zero-order valence-electron chi connectivity index (χ0n) is 7.58. The molecule has 0 aliphatic carbocycles. The van der Waals surface area contributed by atoms with Crippen molar-refractivity contribution in [3.8, 4) is 0 Å². The minimum atomic E-state index is -0.901. The summed E-state index contributed by atoms with van der Waals surface area (Å²) in [5.41, 5.74) is 4.45. The van der Waals surface area contributed by atoms with Gasteiger partial charge in [0.2, 0.25) is 0 Å². The van der Waals surface area contributed by atoms with Crippen molar-refractivity contribution in [3.05, 3.63) is 0 Å². The van der Waals surface area contributed by atoms with Crippen molar-refractivity contribution in [1.82, 2.24) is 0 Å². The SMILES string of the molecule is CC(CO)CC(C)(CN)C(=O)O. The second-order valence-corrected chi connectivity index (χ2v) is 3.56. The fourth-order valence-electron chi connectivity index (χ4n) is 1.09. The maximum absolute atomic E-state index is 10.7. The van der Waals surface area contributed by atoms with Crippen molar-refractivity contribution < 1.29 is 15.0 Å². The van der Waals surface area contributed by atoms with E-state index < -0.39 is 11.4 Å². The molecule has 12 heavy (non-hydrogen) atoms. The topological polar surface area (TPSA) is 83.5 Å². The molecule has 4 heteroatoms. The zero-order chi connectivity index (χ0) is 9.78. The van der Waals surface area contributed by atoms with Crippen molar-refractivity contribution in [1.29, 1.82) is 0 Å². The van der Waals surface area contributed by atoms with E-state index in [-0.39, 0.29) is 19.1 Å². The number of hydrogen-bond acceptors (Lipinski definition) is 3. The van der Waals surface area contributed by atoms with Crippen molar-refractivity contribution in [2.75, 3.05) is 13.2 Å². The minimum absolute atomic E-state index is 0.00285. The summed E-state index contributed by atoms with van der Waals surface area (Å²) in [6.07, 6.45) is 0.412. The maximum Gasteiger partial charge on any atom is 0.310 e. The van der Waals surface area contributed by atoms with Gasteiger partial charge in [0.15, 0.2) is 0 Å². The molecule has 2 unspecified atom stereocenters. The molecule has 0 aliphatic rings. The van der Waals surface area contributed by atoms with E-state index in [9.17, 15) is 4.79 Å². The van der Waals surface area contributed by atoms with Gasteiger partial charge >= 0.3 is 5.97 Å². The van der Waals surface area contributed by atoms with Crippen LogP contribution in [0.1, 0.15) is 20.3 Å². The van der Waals surface area contributed by atoms with Crippen molar-refractivity contribution in [2.24, 2.45) is 17.1 Å². The summed E-state index contributed by atoms with van der Waals surface area (Å²) in [4.78, 5) is 10.7. The molecule has 0 aromatic carbocycles. The molecule has 0 spiro atoms. The van der Waals surface area contributed by atoms with Crippen LogP contribution in [-0.2, 0) is 4.79 Å². The molecule has 0 radical (unpaired) electrons. The Balaban J connectivity index is 4.23. The number of carboxylic acids is 1. The van der Waals surface area contributed by atoms with Gasteiger partial charge < -0.3 is 15.9 Å². The third kappa shape index (κ3) is 2.79. The number of aliphatic carboxylic acids is 1. The van der Waals surface area contributed by atoms with Gasteiger partial charge in [-0.05, 0) is 19.3 Å². The van der Waals surface area contributed by atoms with Gasteiger partial charge in [0.25, 0.3) is 0 Å². The highest BCUT2D eigenvalue weighted by atomic mass is 16.4. The molecule has 4 nitrogen and oxygen atoms in total. The molecule has 0 saturated heterocycles. The fourth-order valence-corrected chi connectivity index (χ4v) is 1.09. The molecule has 0 saturated carbocycles. The van der Waals surface area contributed by atoms with Crippen LogP contribution in [0.25, 0.3) is 0 Å². The summed E-state index contributed by atoms with van der Waals surface area (Å²) in [7, 11) is 0. The summed E-state index contributed by atoms with van der Waals surface area (Å²) < 4.78 is 0. The normalized spacial score (nSPS) is 18.3. The van der Waals surface area contributed by atoms with Crippen molar-refractivity contribution >= 4 is 5.97 Å². The minimum Gasteiger partial charge on any atom is -0.481 e. The Morgan fingerprint density at radius 3 is 2.42 bits per heavy atom. The summed E-state index contributed by atoms with van der Waals surface area (Å²) in [5, 5.41) is 17.6. The summed E-state index contributed by atoms with van der Waals surface area (Å²) in [6.45, 7) is 3.51. The Labute approximate surface area is 72.4 Å². The lowest BCUT2D eigenvalue weighted by Crippen LogP contribution is -2.37. The Bertz CT molecular complexity index is 160. The molecule has 0 aromatic rings. The first kappa shape index (κ1) is 11.4. The van der Waals surface area contributed by atoms with Crippen LogP contribution >= 0.6 is 0 Å². The smallest absolute Gasteiger partial charge is 0.310 e. The van der Waals surface area contributed by atoms with E-state index in [4.69, 9.17) is 15.9 Å². The molecule has 0 fully saturated rings.